The van der Waals surface area contributed by atoms with Crippen LogP contribution in [-0.4, -0.2) is 39.5 Å². The Labute approximate surface area is 170 Å². The van der Waals surface area contributed by atoms with E-state index in [1.165, 1.54) is 28.6 Å². The number of nitrogens with one attached hydrogen (secondary N) is 1. The lowest BCUT2D eigenvalue weighted by Gasteiger charge is -2.24. The first-order valence-corrected chi connectivity index (χ1v) is 10.9. The Balaban J connectivity index is 1.80. The van der Waals surface area contributed by atoms with Gasteiger partial charge in [-0.1, -0.05) is 31.2 Å². The molecule has 1 heterocycles. The van der Waals surface area contributed by atoms with Gasteiger partial charge in [-0.2, -0.15) is 0 Å². The van der Waals surface area contributed by atoms with E-state index in [2.05, 4.69) is 5.32 Å². The highest BCUT2D eigenvalue weighted by Crippen LogP contribution is 2.36. The van der Waals surface area contributed by atoms with Crippen LogP contribution in [0.5, 0.6) is 0 Å². The summed E-state index contributed by atoms with van der Waals surface area (Å²) in [6.07, 6.45) is 1.40. The van der Waals surface area contributed by atoms with E-state index < -0.39 is 28.5 Å². The number of benzene rings is 2. The molecule has 0 saturated heterocycles. The van der Waals surface area contributed by atoms with Gasteiger partial charge in [-0.05, 0) is 49.6 Å². The Morgan fingerprint density at radius 3 is 2.69 bits per heavy atom. The molecule has 1 aliphatic rings. The number of carbonyl (C=O) groups excluding carboxylic acids is 2. The second-order valence-corrected chi connectivity index (χ2v) is 8.75. The molecule has 0 aliphatic carbocycles. The lowest BCUT2D eigenvalue weighted by Crippen LogP contribution is -2.35. The summed E-state index contributed by atoms with van der Waals surface area (Å²) in [5, 5.41) is 2.61. The minimum Gasteiger partial charge on any atom is -0.452 e. The Kier molecular flexibility index (Phi) is 6.22. The molecule has 0 fully saturated rings. The molecule has 1 aliphatic heterocycles. The van der Waals surface area contributed by atoms with Gasteiger partial charge in [0.25, 0.3) is 15.9 Å². The van der Waals surface area contributed by atoms with Crippen LogP contribution in [0.3, 0.4) is 0 Å². The van der Waals surface area contributed by atoms with Crippen molar-refractivity contribution in [2.24, 2.45) is 0 Å². The van der Waals surface area contributed by atoms with Crippen molar-refractivity contribution >= 4 is 27.6 Å². The number of carbonyl (C=O) groups is 2. The van der Waals surface area contributed by atoms with Gasteiger partial charge in [0.1, 0.15) is 0 Å². The van der Waals surface area contributed by atoms with Gasteiger partial charge >= 0.3 is 5.97 Å². The number of amides is 1. The normalized spacial score (nSPS) is 15.7. The zero-order valence-electron chi connectivity index (χ0n) is 16.4. The van der Waals surface area contributed by atoms with Gasteiger partial charge in [0.05, 0.1) is 16.1 Å². The second-order valence-electron chi connectivity index (χ2n) is 6.94. The zero-order chi connectivity index (χ0) is 21.0. The van der Waals surface area contributed by atoms with Crippen molar-refractivity contribution in [1.82, 2.24) is 5.32 Å². The Hall–Kier alpha value is -2.87. The van der Waals surface area contributed by atoms with Crippen LogP contribution in [0.4, 0.5) is 5.69 Å². The van der Waals surface area contributed by atoms with Crippen LogP contribution in [0.1, 0.15) is 36.2 Å². The van der Waals surface area contributed by atoms with Crippen molar-refractivity contribution in [2.45, 2.75) is 37.6 Å². The van der Waals surface area contributed by atoms with Crippen molar-refractivity contribution < 1.29 is 22.7 Å². The molecule has 7 nitrogen and oxygen atoms in total. The fourth-order valence-electron chi connectivity index (χ4n) is 3.33. The van der Waals surface area contributed by atoms with Gasteiger partial charge in [0, 0.05) is 12.6 Å². The molecule has 3 rings (SSSR count). The minimum atomic E-state index is -3.85. The molecule has 0 unspecified atom stereocenters. The summed E-state index contributed by atoms with van der Waals surface area (Å²) in [6.45, 7) is 3.86. The summed E-state index contributed by atoms with van der Waals surface area (Å²) in [6, 6.07) is 12.9. The smallest absolute Gasteiger partial charge is 0.338 e. The number of para-hydroxylation sites is 1. The first-order chi connectivity index (χ1) is 13.8. The molecule has 154 valence electrons. The van der Waals surface area contributed by atoms with Crippen LogP contribution in [0.25, 0.3) is 0 Å². The summed E-state index contributed by atoms with van der Waals surface area (Å²) in [7, 11) is -3.85. The highest BCUT2D eigenvalue weighted by molar-refractivity contribution is 7.92. The van der Waals surface area contributed by atoms with E-state index in [0.29, 0.717) is 18.7 Å². The van der Waals surface area contributed by atoms with Crippen LogP contribution in [0.2, 0.25) is 0 Å². The van der Waals surface area contributed by atoms with Gasteiger partial charge in [-0.25, -0.2) is 13.2 Å². The zero-order valence-corrected chi connectivity index (χ0v) is 17.2. The first kappa shape index (κ1) is 20.9. The average molecular weight is 416 g/mol. The number of anilines is 1. The Bertz CT molecular complexity index is 1020. The molecule has 1 amide bonds. The quantitative estimate of drug-likeness (QED) is 0.700. The third kappa shape index (κ3) is 4.42. The Morgan fingerprint density at radius 1 is 1.17 bits per heavy atom. The standard InChI is InChI=1S/C21H24N2O5S/c1-3-11-22-20(24)14-28-21(25)17-8-6-9-18(13-17)29(26,27)23-15(2)12-16-7-4-5-10-19(16)23/h4-10,13,15H,3,11-12,14H2,1-2H3,(H,22,24)/t15-/m0/s1. The SMILES string of the molecule is CCCNC(=O)COC(=O)c1cccc(S(=O)(=O)N2c3ccccc3C[C@@H]2C)c1. The molecule has 2 aromatic carbocycles. The van der Waals surface area contributed by atoms with Crippen LogP contribution < -0.4 is 9.62 Å². The van der Waals surface area contributed by atoms with Gasteiger partial charge in [0.15, 0.2) is 6.61 Å². The predicted octanol–water partition coefficient (Wildman–Crippen LogP) is 2.51. The van der Waals surface area contributed by atoms with Gasteiger partial charge in [-0.15, -0.1) is 0 Å². The lowest BCUT2D eigenvalue weighted by atomic mass is 10.1. The van der Waals surface area contributed by atoms with Gasteiger partial charge in [-0.3, -0.25) is 9.10 Å². The van der Waals surface area contributed by atoms with E-state index in [1.807, 2.05) is 26.0 Å². The number of rotatable bonds is 7. The summed E-state index contributed by atoms with van der Waals surface area (Å²) in [5.74, 6) is -1.14. The molecule has 0 radical (unpaired) electrons. The summed E-state index contributed by atoms with van der Waals surface area (Å²) >= 11 is 0. The molecule has 0 aromatic heterocycles. The molecular weight excluding hydrogens is 392 g/mol. The number of esters is 1. The first-order valence-electron chi connectivity index (χ1n) is 9.50. The van der Waals surface area contributed by atoms with E-state index in [9.17, 15) is 18.0 Å². The molecule has 0 bridgehead atoms. The third-order valence-electron chi connectivity index (χ3n) is 4.68. The third-order valence-corrected chi connectivity index (χ3v) is 6.60. The molecule has 0 saturated carbocycles. The fourth-order valence-corrected chi connectivity index (χ4v) is 5.07. The highest BCUT2D eigenvalue weighted by atomic mass is 32.2. The van der Waals surface area contributed by atoms with E-state index in [-0.39, 0.29) is 16.5 Å². The van der Waals surface area contributed by atoms with E-state index in [1.54, 1.807) is 12.1 Å². The number of fused-ring (bicyclic) bond motifs is 1. The summed E-state index contributed by atoms with van der Waals surface area (Å²) in [5.41, 5.74) is 1.70. The van der Waals surface area contributed by atoms with Crippen LogP contribution in [0, 0.1) is 0 Å². The summed E-state index contributed by atoms with van der Waals surface area (Å²) in [4.78, 5) is 23.9. The molecular formula is C21H24N2O5S. The Morgan fingerprint density at radius 2 is 1.93 bits per heavy atom. The number of hydrogen-bond acceptors (Lipinski definition) is 5. The molecule has 29 heavy (non-hydrogen) atoms. The topological polar surface area (TPSA) is 92.8 Å². The van der Waals surface area contributed by atoms with Crippen LogP contribution in [0.15, 0.2) is 53.4 Å². The van der Waals surface area contributed by atoms with E-state index in [4.69, 9.17) is 4.74 Å². The number of sulfonamides is 1. The van der Waals surface area contributed by atoms with Crippen LogP contribution >= 0.6 is 0 Å². The van der Waals surface area contributed by atoms with Crippen molar-refractivity contribution in [3.05, 3.63) is 59.7 Å². The van der Waals surface area contributed by atoms with Gasteiger partial charge < -0.3 is 10.1 Å². The van der Waals surface area contributed by atoms with Crippen molar-refractivity contribution in [3.63, 3.8) is 0 Å². The monoisotopic (exact) mass is 416 g/mol. The predicted molar refractivity (Wildman–Crippen MR) is 109 cm³/mol. The van der Waals surface area contributed by atoms with Crippen molar-refractivity contribution in [3.8, 4) is 0 Å². The molecule has 0 spiro atoms. The second kappa shape index (κ2) is 8.65. The maximum atomic E-state index is 13.3. The number of hydrogen-bond donors (Lipinski definition) is 1. The van der Waals surface area contributed by atoms with Gasteiger partial charge in [0.2, 0.25) is 0 Å². The molecule has 1 N–H and O–H groups in total. The molecule has 1 atom stereocenters. The number of nitrogens with zero attached hydrogens (tertiary/aromatic N) is 1. The van der Waals surface area contributed by atoms with Crippen LogP contribution in [-0.2, 0) is 26.0 Å². The maximum Gasteiger partial charge on any atom is 0.338 e. The summed E-state index contributed by atoms with van der Waals surface area (Å²) < 4.78 is 32.9. The average Bonchev–Trinajstić information content (AvgIpc) is 3.06. The van der Waals surface area contributed by atoms with E-state index in [0.717, 1.165) is 12.0 Å². The maximum absolute atomic E-state index is 13.3. The van der Waals surface area contributed by atoms with Crippen molar-refractivity contribution in [2.75, 3.05) is 17.5 Å². The number of ether oxygens (including phenoxy) is 1. The molecule has 8 heteroatoms. The van der Waals surface area contributed by atoms with E-state index >= 15 is 0 Å². The highest BCUT2D eigenvalue weighted by Gasteiger charge is 2.36. The molecule has 2 aromatic rings. The van der Waals surface area contributed by atoms with Crippen molar-refractivity contribution in [1.29, 1.82) is 0 Å². The fraction of sp³-hybridized carbons (Fsp3) is 0.333. The minimum absolute atomic E-state index is 0.00550. The largest absolute Gasteiger partial charge is 0.452 e. The lowest BCUT2D eigenvalue weighted by molar-refractivity contribution is -0.124.